The van der Waals surface area contributed by atoms with Crippen molar-refractivity contribution < 1.29 is 8.95 Å². The molecule has 0 aliphatic rings. The lowest BCUT2D eigenvalue weighted by Gasteiger charge is -2.11. The van der Waals surface area contributed by atoms with Gasteiger partial charge in [-0.2, -0.15) is 0 Å². The summed E-state index contributed by atoms with van der Waals surface area (Å²) in [5, 5.41) is 3.89. The lowest BCUT2D eigenvalue weighted by Crippen LogP contribution is -2.05. The number of aromatic nitrogens is 2. The summed E-state index contributed by atoms with van der Waals surface area (Å²) in [4.78, 5) is 8.34. The fourth-order valence-electron chi connectivity index (χ4n) is 1.97. The van der Waals surface area contributed by atoms with E-state index in [1.807, 2.05) is 25.1 Å². The SMILES string of the molecule is COc1ncc(CNc2cc(C[S@@](C)=O)ccc2Cl)c(C)n1. The largest absolute Gasteiger partial charge is 0.467 e. The zero-order valence-corrected chi connectivity index (χ0v) is 14.3. The third kappa shape index (κ3) is 4.42. The van der Waals surface area contributed by atoms with E-state index >= 15 is 0 Å². The maximum atomic E-state index is 11.3. The molecule has 2 aromatic rings. The summed E-state index contributed by atoms with van der Waals surface area (Å²) in [7, 11) is 0.654. The first-order valence-electron chi connectivity index (χ1n) is 6.68. The van der Waals surface area contributed by atoms with Crippen molar-refractivity contribution in [3.63, 3.8) is 0 Å². The van der Waals surface area contributed by atoms with E-state index in [0.717, 1.165) is 22.5 Å². The summed E-state index contributed by atoms with van der Waals surface area (Å²) >= 11 is 6.20. The van der Waals surface area contributed by atoms with Crippen molar-refractivity contribution in [1.29, 1.82) is 0 Å². The predicted molar refractivity (Wildman–Crippen MR) is 89.9 cm³/mol. The minimum atomic E-state index is -0.884. The summed E-state index contributed by atoms with van der Waals surface area (Å²) in [6.45, 7) is 2.45. The molecule has 0 spiro atoms. The molecule has 1 N–H and O–H groups in total. The lowest BCUT2D eigenvalue weighted by molar-refractivity contribution is 0.378. The van der Waals surface area contributed by atoms with Crippen molar-refractivity contribution in [3.8, 4) is 6.01 Å². The molecule has 0 bridgehead atoms. The van der Waals surface area contributed by atoms with Crippen LogP contribution in [0, 0.1) is 6.92 Å². The third-order valence-corrected chi connectivity index (χ3v) is 4.18. The van der Waals surface area contributed by atoms with Crippen LogP contribution in [0.5, 0.6) is 6.01 Å². The maximum absolute atomic E-state index is 11.3. The van der Waals surface area contributed by atoms with Crippen molar-refractivity contribution in [3.05, 3.63) is 46.2 Å². The van der Waals surface area contributed by atoms with Gasteiger partial charge in [0.25, 0.3) is 0 Å². The van der Waals surface area contributed by atoms with E-state index in [-0.39, 0.29) is 0 Å². The number of benzene rings is 1. The van der Waals surface area contributed by atoms with Crippen LogP contribution in [0.25, 0.3) is 0 Å². The highest BCUT2D eigenvalue weighted by Gasteiger charge is 2.07. The van der Waals surface area contributed by atoms with Gasteiger partial charge in [-0.1, -0.05) is 17.7 Å². The Morgan fingerprint density at radius 2 is 2.18 bits per heavy atom. The Bertz CT molecular complexity index is 694. The van der Waals surface area contributed by atoms with Gasteiger partial charge in [0.1, 0.15) is 0 Å². The molecule has 5 nitrogen and oxygen atoms in total. The van der Waals surface area contributed by atoms with Gasteiger partial charge in [-0.15, -0.1) is 0 Å². The number of nitrogens with zero attached hydrogens (tertiary/aromatic N) is 2. The summed E-state index contributed by atoms with van der Waals surface area (Å²) in [5.41, 5.74) is 3.60. The minimum Gasteiger partial charge on any atom is -0.467 e. The van der Waals surface area contributed by atoms with E-state index in [1.165, 1.54) is 7.11 Å². The highest BCUT2D eigenvalue weighted by atomic mass is 35.5. The number of halogens is 1. The second kappa shape index (κ2) is 7.56. The number of anilines is 1. The highest BCUT2D eigenvalue weighted by molar-refractivity contribution is 7.83. The van der Waals surface area contributed by atoms with Crippen LogP contribution in [-0.2, 0) is 23.1 Å². The average Bonchev–Trinajstić information content (AvgIpc) is 2.48. The van der Waals surface area contributed by atoms with E-state index in [2.05, 4.69) is 15.3 Å². The Morgan fingerprint density at radius 1 is 1.41 bits per heavy atom. The van der Waals surface area contributed by atoms with Gasteiger partial charge < -0.3 is 10.1 Å². The molecular weight excluding hydrogens is 322 g/mol. The van der Waals surface area contributed by atoms with Gasteiger partial charge in [0.05, 0.1) is 17.8 Å². The Balaban J connectivity index is 2.12. The number of ether oxygens (including phenoxy) is 1. The molecule has 0 saturated carbocycles. The number of hydrogen-bond acceptors (Lipinski definition) is 5. The second-order valence-electron chi connectivity index (χ2n) is 4.85. The van der Waals surface area contributed by atoms with Crippen LogP contribution in [0.2, 0.25) is 5.02 Å². The van der Waals surface area contributed by atoms with Crippen LogP contribution >= 0.6 is 11.6 Å². The Kier molecular flexibility index (Phi) is 5.74. The number of hydrogen-bond donors (Lipinski definition) is 1. The van der Waals surface area contributed by atoms with Gasteiger partial charge in [0.2, 0.25) is 0 Å². The summed E-state index contributed by atoms with van der Waals surface area (Å²) in [5.74, 6) is 0.510. The number of methoxy groups -OCH3 is 1. The summed E-state index contributed by atoms with van der Waals surface area (Å²) < 4.78 is 16.3. The highest BCUT2D eigenvalue weighted by Crippen LogP contribution is 2.24. The number of aryl methyl sites for hydroxylation is 1. The van der Waals surface area contributed by atoms with Crippen LogP contribution in [0.4, 0.5) is 5.69 Å². The van der Waals surface area contributed by atoms with Crippen molar-refractivity contribution in [2.24, 2.45) is 0 Å². The molecule has 0 radical (unpaired) electrons. The van der Waals surface area contributed by atoms with Crippen molar-refractivity contribution in [2.45, 2.75) is 19.2 Å². The molecule has 1 aromatic carbocycles. The monoisotopic (exact) mass is 339 g/mol. The predicted octanol–water partition coefficient (Wildman–Crippen LogP) is 2.94. The minimum absolute atomic E-state index is 0.353. The number of rotatable bonds is 6. The molecule has 0 saturated heterocycles. The fraction of sp³-hybridized carbons (Fsp3) is 0.333. The second-order valence-corrected chi connectivity index (χ2v) is 6.69. The molecule has 0 unspecified atom stereocenters. The normalized spacial score (nSPS) is 12.0. The van der Waals surface area contributed by atoms with Crippen LogP contribution < -0.4 is 10.1 Å². The van der Waals surface area contributed by atoms with Crippen molar-refractivity contribution in [2.75, 3.05) is 18.7 Å². The van der Waals surface area contributed by atoms with Crippen molar-refractivity contribution >= 4 is 28.1 Å². The van der Waals surface area contributed by atoms with Gasteiger partial charge >= 0.3 is 6.01 Å². The molecule has 1 aromatic heterocycles. The molecule has 2 rings (SSSR count). The van der Waals surface area contributed by atoms with E-state index in [0.29, 0.717) is 23.3 Å². The number of nitrogens with one attached hydrogen (secondary N) is 1. The third-order valence-electron chi connectivity index (χ3n) is 3.11. The van der Waals surface area contributed by atoms with Gasteiger partial charge in [-0.25, -0.2) is 9.97 Å². The topological polar surface area (TPSA) is 64.1 Å². The first-order valence-corrected chi connectivity index (χ1v) is 8.79. The molecule has 118 valence electrons. The molecule has 0 aliphatic carbocycles. The van der Waals surface area contributed by atoms with Crippen LogP contribution in [0.15, 0.2) is 24.4 Å². The molecule has 1 heterocycles. The van der Waals surface area contributed by atoms with Gasteiger partial charge in [-0.3, -0.25) is 4.21 Å². The molecule has 22 heavy (non-hydrogen) atoms. The molecule has 0 aliphatic heterocycles. The Morgan fingerprint density at radius 3 is 2.82 bits per heavy atom. The average molecular weight is 340 g/mol. The quantitative estimate of drug-likeness (QED) is 0.876. The first-order chi connectivity index (χ1) is 10.5. The molecule has 7 heteroatoms. The van der Waals surface area contributed by atoms with Crippen LogP contribution in [-0.4, -0.2) is 27.5 Å². The van der Waals surface area contributed by atoms with Gasteiger partial charge in [0, 0.05) is 46.8 Å². The smallest absolute Gasteiger partial charge is 0.316 e. The lowest BCUT2D eigenvalue weighted by atomic mass is 10.2. The van der Waals surface area contributed by atoms with Crippen LogP contribution in [0.1, 0.15) is 16.8 Å². The molecular formula is C15H18ClN3O2S. The van der Waals surface area contributed by atoms with E-state index in [9.17, 15) is 4.21 Å². The summed E-state index contributed by atoms with van der Waals surface area (Å²) in [6, 6.07) is 5.97. The molecule has 0 fully saturated rings. The zero-order chi connectivity index (χ0) is 16.1. The van der Waals surface area contributed by atoms with Gasteiger partial charge in [0.15, 0.2) is 0 Å². The fourth-order valence-corrected chi connectivity index (χ4v) is 2.80. The van der Waals surface area contributed by atoms with E-state index in [1.54, 1.807) is 12.5 Å². The standard InChI is InChI=1S/C15H18ClN3O2S/c1-10-12(8-18-15(19-10)21-2)7-17-14-6-11(9-22(3)20)4-5-13(14)16/h4-6,8,17H,7,9H2,1-3H3/t22-/m1/s1. The molecule has 0 amide bonds. The summed E-state index contributed by atoms with van der Waals surface area (Å²) in [6.07, 6.45) is 3.41. The van der Waals surface area contributed by atoms with Crippen LogP contribution in [0.3, 0.4) is 0 Å². The molecule has 1 atom stereocenters. The Hall–Kier alpha value is -1.66. The first kappa shape index (κ1) is 16.7. The van der Waals surface area contributed by atoms with E-state index < -0.39 is 10.8 Å². The van der Waals surface area contributed by atoms with Gasteiger partial charge in [-0.05, 0) is 24.6 Å². The Labute approximate surface area is 137 Å². The van der Waals surface area contributed by atoms with E-state index in [4.69, 9.17) is 16.3 Å². The zero-order valence-electron chi connectivity index (χ0n) is 12.7. The maximum Gasteiger partial charge on any atom is 0.316 e. The van der Waals surface area contributed by atoms with Crippen molar-refractivity contribution in [1.82, 2.24) is 9.97 Å².